The summed E-state index contributed by atoms with van der Waals surface area (Å²) in [7, 11) is 1.62. The van der Waals surface area contributed by atoms with Crippen molar-refractivity contribution >= 4 is 5.91 Å². The zero-order chi connectivity index (χ0) is 12.3. The van der Waals surface area contributed by atoms with Crippen LogP contribution in [0.5, 0.6) is 5.75 Å². The van der Waals surface area contributed by atoms with Gasteiger partial charge < -0.3 is 9.64 Å². The van der Waals surface area contributed by atoms with Crippen molar-refractivity contribution in [2.24, 2.45) is 0 Å². The Labute approximate surface area is 101 Å². The summed E-state index contributed by atoms with van der Waals surface area (Å²) in [6.45, 7) is 5.01. The fourth-order valence-corrected chi connectivity index (χ4v) is 2.08. The first-order valence-corrected chi connectivity index (χ1v) is 5.66. The molecule has 2 heterocycles. The number of pyridine rings is 1. The van der Waals surface area contributed by atoms with E-state index in [1.165, 1.54) is 6.08 Å². The van der Waals surface area contributed by atoms with Gasteiger partial charge in [0.05, 0.1) is 13.3 Å². The SMILES string of the molecule is C=CC(=O)N1CCC(c2ccc(OC)cn2)C1. The molecule has 2 rings (SSSR count). The minimum Gasteiger partial charge on any atom is -0.495 e. The number of methoxy groups -OCH3 is 1. The fourth-order valence-electron chi connectivity index (χ4n) is 2.08. The Kier molecular flexibility index (Phi) is 3.42. The van der Waals surface area contributed by atoms with Crippen molar-refractivity contribution in [3.8, 4) is 5.75 Å². The third kappa shape index (κ3) is 2.46. The molecular formula is C13H16N2O2. The number of carbonyl (C=O) groups is 1. The van der Waals surface area contributed by atoms with E-state index < -0.39 is 0 Å². The van der Waals surface area contributed by atoms with Gasteiger partial charge in [-0.1, -0.05) is 6.58 Å². The van der Waals surface area contributed by atoms with Crippen LogP contribution in [0.4, 0.5) is 0 Å². The Morgan fingerprint density at radius 2 is 2.47 bits per heavy atom. The molecular weight excluding hydrogens is 216 g/mol. The molecule has 1 atom stereocenters. The minimum atomic E-state index is 0.000937. The lowest BCUT2D eigenvalue weighted by Crippen LogP contribution is -2.26. The molecule has 1 unspecified atom stereocenters. The van der Waals surface area contributed by atoms with Crippen molar-refractivity contribution in [3.63, 3.8) is 0 Å². The normalized spacial score (nSPS) is 19.1. The molecule has 0 aliphatic carbocycles. The smallest absolute Gasteiger partial charge is 0.245 e. The number of nitrogens with zero attached hydrogens (tertiary/aromatic N) is 2. The molecule has 1 aromatic heterocycles. The number of ether oxygens (including phenoxy) is 1. The standard InChI is InChI=1S/C13H16N2O2/c1-3-13(16)15-7-6-10(9-15)12-5-4-11(17-2)8-14-12/h3-5,8,10H,1,6-7,9H2,2H3. The van der Waals surface area contributed by atoms with E-state index in [0.717, 1.165) is 31.0 Å². The third-order valence-corrected chi connectivity index (χ3v) is 3.09. The predicted octanol–water partition coefficient (Wildman–Crippen LogP) is 1.59. The molecule has 90 valence electrons. The van der Waals surface area contributed by atoms with Gasteiger partial charge >= 0.3 is 0 Å². The molecule has 0 radical (unpaired) electrons. The topological polar surface area (TPSA) is 42.4 Å². The molecule has 1 aliphatic rings. The summed E-state index contributed by atoms with van der Waals surface area (Å²) in [6, 6.07) is 3.87. The summed E-state index contributed by atoms with van der Waals surface area (Å²) in [5, 5.41) is 0. The highest BCUT2D eigenvalue weighted by Crippen LogP contribution is 2.26. The van der Waals surface area contributed by atoms with E-state index in [9.17, 15) is 4.79 Å². The van der Waals surface area contributed by atoms with Crippen molar-refractivity contribution in [3.05, 3.63) is 36.7 Å². The molecule has 0 spiro atoms. The van der Waals surface area contributed by atoms with Crippen molar-refractivity contribution in [2.75, 3.05) is 20.2 Å². The first kappa shape index (κ1) is 11.6. The Morgan fingerprint density at radius 1 is 1.65 bits per heavy atom. The lowest BCUT2D eigenvalue weighted by molar-refractivity contribution is -0.125. The molecule has 1 saturated heterocycles. The van der Waals surface area contributed by atoms with Gasteiger partial charge in [-0.25, -0.2) is 0 Å². The van der Waals surface area contributed by atoms with Crippen LogP contribution in [-0.2, 0) is 4.79 Å². The zero-order valence-corrected chi connectivity index (χ0v) is 9.93. The number of hydrogen-bond acceptors (Lipinski definition) is 3. The van der Waals surface area contributed by atoms with E-state index in [-0.39, 0.29) is 5.91 Å². The van der Waals surface area contributed by atoms with E-state index in [4.69, 9.17) is 4.74 Å². The second kappa shape index (κ2) is 4.99. The Bertz CT molecular complexity index is 414. The highest BCUT2D eigenvalue weighted by atomic mass is 16.5. The van der Waals surface area contributed by atoms with Crippen LogP contribution in [0.2, 0.25) is 0 Å². The van der Waals surface area contributed by atoms with E-state index in [0.29, 0.717) is 5.92 Å². The summed E-state index contributed by atoms with van der Waals surface area (Å²) in [5.41, 5.74) is 1.02. The quantitative estimate of drug-likeness (QED) is 0.743. The second-order valence-electron chi connectivity index (χ2n) is 4.10. The van der Waals surface area contributed by atoms with Gasteiger partial charge in [-0.3, -0.25) is 9.78 Å². The number of rotatable bonds is 3. The summed E-state index contributed by atoms with van der Waals surface area (Å²) >= 11 is 0. The van der Waals surface area contributed by atoms with Crippen molar-refractivity contribution in [1.29, 1.82) is 0 Å². The van der Waals surface area contributed by atoms with Gasteiger partial charge in [-0.05, 0) is 24.6 Å². The summed E-state index contributed by atoms with van der Waals surface area (Å²) in [5.74, 6) is 1.08. The number of hydrogen-bond donors (Lipinski definition) is 0. The monoisotopic (exact) mass is 232 g/mol. The minimum absolute atomic E-state index is 0.000937. The van der Waals surface area contributed by atoms with Crippen LogP contribution in [0.25, 0.3) is 0 Å². The van der Waals surface area contributed by atoms with E-state index in [1.807, 2.05) is 17.0 Å². The lowest BCUT2D eigenvalue weighted by atomic mass is 10.0. The molecule has 1 aliphatic heterocycles. The van der Waals surface area contributed by atoms with Gasteiger partial charge in [0.25, 0.3) is 0 Å². The summed E-state index contributed by atoms with van der Waals surface area (Å²) in [4.78, 5) is 17.6. The van der Waals surface area contributed by atoms with E-state index >= 15 is 0 Å². The molecule has 1 aromatic rings. The first-order valence-electron chi connectivity index (χ1n) is 5.66. The number of aromatic nitrogens is 1. The average Bonchev–Trinajstić information content (AvgIpc) is 2.87. The molecule has 4 heteroatoms. The van der Waals surface area contributed by atoms with Crippen LogP contribution in [-0.4, -0.2) is 36.0 Å². The Balaban J connectivity index is 2.04. The molecule has 17 heavy (non-hydrogen) atoms. The van der Waals surface area contributed by atoms with Crippen LogP contribution in [0.3, 0.4) is 0 Å². The van der Waals surface area contributed by atoms with Crippen LogP contribution in [0, 0.1) is 0 Å². The van der Waals surface area contributed by atoms with E-state index in [1.54, 1.807) is 13.3 Å². The molecule has 0 aromatic carbocycles. The van der Waals surface area contributed by atoms with Crippen LogP contribution in [0.1, 0.15) is 18.0 Å². The van der Waals surface area contributed by atoms with Crippen molar-refractivity contribution < 1.29 is 9.53 Å². The van der Waals surface area contributed by atoms with Crippen molar-refractivity contribution in [1.82, 2.24) is 9.88 Å². The van der Waals surface area contributed by atoms with Gasteiger partial charge in [-0.2, -0.15) is 0 Å². The first-order chi connectivity index (χ1) is 8.24. The Morgan fingerprint density at radius 3 is 3.06 bits per heavy atom. The van der Waals surface area contributed by atoms with Gasteiger partial charge in [-0.15, -0.1) is 0 Å². The summed E-state index contributed by atoms with van der Waals surface area (Å²) in [6.07, 6.45) is 4.04. The molecule has 0 N–H and O–H groups in total. The second-order valence-corrected chi connectivity index (χ2v) is 4.10. The molecule has 0 saturated carbocycles. The highest BCUT2D eigenvalue weighted by molar-refractivity contribution is 5.87. The molecule has 1 amide bonds. The van der Waals surface area contributed by atoms with E-state index in [2.05, 4.69) is 11.6 Å². The van der Waals surface area contributed by atoms with Gasteiger partial charge in [0.15, 0.2) is 0 Å². The lowest BCUT2D eigenvalue weighted by Gasteiger charge is -2.14. The number of amides is 1. The largest absolute Gasteiger partial charge is 0.495 e. The zero-order valence-electron chi connectivity index (χ0n) is 9.93. The molecule has 4 nitrogen and oxygen atoms in total. The fraction of sp³-hybridized carbons (Fsp3) is 0.385. The van der Waals surface area contributed by atoms with Crippen LogP contribution in [0.15, 0.2) is 31.0 Å². The maximum atomic E-state index is 11.5. The molecule has 1 fully saturated rings. The number of likely N-dealkylation sites (tertiary alicyclic amines) is 1. The average molecular weight is 232 g/mol. The predicted molar refractivity (Wildman–Crippen MR) is 64.9 cm³/mol. The molecule has 0 bridgehead atoms. The van der Waals surface area contributed by atoms with Crippen LogP contribution < -0.4 is 4.74 Å². The highest BCUT2D eigenvalue weighted by Gasteiger charge is 2.26. The summed E-state index contributed by atoms with van der Waals surface area (Å²) < 4.78 is 5.07. The van der Waals surface area contributed by atoms with Gasteiger partial charge in [0.2, 0.25) is 5.91 Å². The van der Waals surface area contributed by atoms with Gasteiger partial charge in [0.1, 0.15) is 5.75 Å². The maximum absolute atomic E-state index is 11.5. The third-order valence-electron chi connectivity index (χ3n) is 3.09. The van der Waals surface area contributed by atoms with Gasteiger partial charge in [0, 0.05) is 24.7 Å². The van der Waals surface area contributed by atoms with Crippen LogP contribution >= 0.6 is 0 Å². The maximum Gasteiger partial charge on any atom is 0.245 e. The Hall–Kier alpha value is -1.84. The van der Waals surface area contributed by atoms with Crippen molar-refractivity contribution in [2.45, 2.75) is 12.3 Å². The number of carbonyl (C=O) groups excluding carboxylic acids is 1.